The van der Waals surface area contributed by atoms with Crippen molar-refractivity contribution in [1.29, 1.82) is 0 Å². The molecule has 0 fully saturated rings. The molecule has 0 amide bonds. The molecule has 5 aromatic carbocycles. The molecule has 6 rings (SSSR count). The predicted octanol–water partition coefficient (Wildman–Crippen LogP) is 7.20. The van der Waals surface area contributed by atoms with Crippen molar-refractivity contribution in [1.82, 2.24) is 9.97 Å². The molecule has 136 valence electrons. The molecule has 1 aromatic heterocycles. The molecule has 6 aromatic rings. The van der Waals surface area contributed by atoms with Crippen molar-refractivity contribution in [3.05, 3.63) is 103 Å². The minimum Gasteiger partial charge on any atom is -0.338 e. The van der Waals surface area contributed by atoms with Gasteiger partial charge in [-0.1, -0.05) is 84.9 Å². The van der Waals surface area contributed by atoms with Gasteiger partial charge in [0.1, 0.15) is 5.82 Å². The van der Waals surface area contributed by atoms with Crippen LogP contribution >= 0.6 is 0 Å². The van der Waals surface area contributed by atoms with Gasteiger partial charge in [0.05, 0.1) is 11.0 Å². The average molecular weight is 370 g/mol. The maximum atomic E-state index is 4.83. The Bertz CT molecular complexity index is 1490. The predicted molar refractivity (Wildman–Crippen MR) is 122 cm³/mol. The largest absolute Gasteiger partial charge is 0.338 e. The Labute approximate surface area is 168 Å². The van der Waals surface area contributed by atoms with Crippen LogP contribution in [0.4, 0.5) is 0 Å². The first-order valence-electron chi connectivity index (χ1n) is 9.82. The van der Waals surface area contributed by atoms with Gasteiger partial charge in [0.2, 0.25) is 0 Å². The second-order valence-corrected chi connectivity index (χ2v) is 7.41. The molecule has 0 unspecified atom stereocenters. The van der Waals surface area contributed by atoms with E-state index in [4.69, 9.17) is 4.98 Å². The Morgan fingerprint density at radius 1 is 0.517 bits per heavy atom. The monoisotopic (exact) mass is 370 g/mol. The van der Waals surface area contributed by atoms with E-state index in [1.165, 1.54) is 32.7 Å². The van der Waals surface area contributed by atoms with E-state index in [1.807, 2.05) is 6.07 Å². The van der Waals surface area contributed by atoms with Gasteiger partial charge < -0.3 is 4.98 Å². The molecular formula is C27H18N2. The molecular weight excluding hydrogens is 352 g/mol. The molecule has 0 aliphatic heterocycles. The fourth-order valence-corrected chi connectivity index (χ4v) is 4.12. The van der Waals surface area contributed by atoms with E-state index < -0.39 is 0 Å². The quantitative estimate of drug-likeness (QED) is 0.321. The Balaban J connectivity index is 1.47. The fourth-order valence-electron chi connectivity index (χ4n) is 4.12. The lowest BCUT2D eigenvalue weighted by molar-refractivity contribution is 1.34. The molecule has 0 aliphatic carbocycles. The fraction of sp³-hybridized carbons (Fsp3) is 0. The van der Waals surface area contributed by atoms with Crippen molar-refractivity contribution >= 4 is 32.6 Å². The molecule has 1 N–H and O–H groups in total. The maximum absolute atomic E-state index is 4.83. The number of H-pyrrole nitrogens is 1. The summed E-state index contributed by atoms with van der Waals surface area (Å²) < 4.78 is 0. The molecule has 0 spiro atoms. The minimum absolute atomic E-state index is 0.903. The van der Waals surface area contributed by atoms with Gasteiger partial charge in [-0.05, 0) is 50.9 Å². The summed E-state index contributed by atoms with van der Waals surface area (Å²) in [5, 5.41) is 5.06. The summed E-state index contributed by atoms with van der Waals surface area (Å²) in [7, 11) is 0. The summed E-state index contributed by atoms with van der Waals surface area (Å²) >= 11 is 0. The zero-order chi connectivity index (χ0) is 19.2. The second-order valence-electron chi connectivity index (χ2n) is 7.41. The first-order valence-corrected chi connectivity index (χ1v) is 9.82. The Kier molecular flexibility index (Phi) is 3.50. The van der Waals surface area contributed by atoms with Crippen LogP contribution in [0.2, 0.25) is 0 Å². The van der Waals surface area contributed by atoms with E-state index in [9.17, 15) is 0 Å². The van der Waals surface area contributed by atoms with E-state index >= 15 is 0 Å². The summed E-state index contributed by atoms with van der Waals surface area (Å²) in [5.74, 6) is 0.903. The lowest BCUT2D eigenvalue weighted by atomic mass is 10.00. The first kappa shape index (κ1) is 16.1. The number of imidazole rings is 1. The number of fused-ring (bicyclic) bond motifs is 4. The molecule has 0 radical (unpaired) electrons. The number of rotatable bonds is 2. The van der Waals surface area contributed by atoms with Crippen molar-refractivity contribution in [3.8, 4) is 22.5 Å². The molecule has 1 heterocycles. The van der Waals surface area contributed by atoms with E-state index in [-0.39, 0.29) is 0 Å². The van der Waals surface area contributed by atoms with Crippen molar-refractivity contribution in [2.24, 2.45) is 0 Å². The van der Waals surface area contributed by atoms with E-state index in [2.05, 4.69) is 102 Å². The van der Waals surface area contributed by atoms with Gasteiger partial charge in [0, 0.05) is 5.56 Å². The number of aromatic amines is 1. The Hall–Kier alpha value is -3.91. The second kappa shape index (κ2) is 6.32. The van der Waals surface area contributed by atoms with Crippen molar-refractivity contribution in [2.45, 2.75) is 0 Å². The molecule has 2 nitrogen and oxygen atoms in total. The van der Waals surface area contributed by atoms with Crippen LogP contribution in [0, 0.1) is 0 Å². The van der Waals surface area contributed by atoms with Gasteiger partial charge in [0.25, 0.3) is 0 Å². The van der Waals surface area contributed by atoms with Crippen LogP contribution < -0.4 is 0 Å². The normalized spacial score (nSPS) is 11.4. The SMILES string of the molecule is c1ccc(-c2ccc3nc(-c4ccc5c(ccc6ccccc65)c4)[nH]c3c2)cc1. The zero-order valence-electron chi connectivity index (χ0n) is 15.8. The van der Waals surface area contributed by atoms with Gasteiger partial charge in [-0.2, -0.15) is 0 Å². The third-order valence-corrected chi connectivity index (χ3v) is 5.61. The smallest absolute Gasteiger partial charge is 0.138 e. The summed E-state index contributed by atoms with van der Waals surface area (Å²) in [4.78, 5) is 8.34. The zero-order valence-corrected chi connectivity index (χ0v) is 15.8. The van der Waals surface area contributed by atoms with Crippen LogP contribution in [-0.2, 0) is 0 Å². The van der Waals surface area contributed by atoms with Gasteiger partial charge in [0.15, 0.2) is 0 Å². The molecule has 29 heavy (non-hydrogen) atoms. The summed E-state index contributed by atoms with van der Waals surface area (Å²) in [6.07, 6.45) is 0. The number of hydrogen-bond donors (Lipinski definition) is 1. The van der Waals surface area contributed by atoms with Crippen LogP contribution in [0.15, 0.2) is 103 Å². The maximum Gasteiger partial charge on any atom is 0.138 e. The Morgan fingerprint density at radius 2 is 1.28 bits per heavy atom. The number of hydrogen-bond acceptors (Lipinski definition) is 1. The third kappa shape index (κ3) is 2.69. The molecule has 0 saturated carbocycles. The number of aromatic nitrogens is 2. The van der Waals surface area contributed by atoms with Crippen molar-refractivity contribution < 1.29 is 0 Å². The minimum atomic E-state index is 0.903. The van der Waals surface area contributed by atoms with Crippen LogP contribution in [0.25, 0.3) is 55.1 Å². The van der Waals surface area contributed by atoms with Crippen LogP contribution in [0.1, 0.15) is 0 Å². The first-order chi connectivity index (χ1) is 14.3. The van der Waals surface area contributed by atoms with E-state index in [0.717, 1.165) is 22.4 Å². The lowest BCUT2D eigenvalue weighted by Gasteiger charge is -2.05. The van der Waals surface area contributed by atoms with E-state index in [0.29, 0.717) is 0 Å². The third-order valence-electron chi connectivity index (χ3n) is 5.61. The van der Waals surface area contributed by atoms with Crippen LogP contribution in [0.3, 0.4) is 0 Å². The van der Waals surface area contributed by atoms with Crippen molar-refractivity contribution in [2.75, 3.05) is 0 Å². The molecule has 0 saturated heterocycles. The highest BCUT2D eigenvalue weighted by Crippen LogP contribution is 2.30. The lowest BCUT2D eigenvalue weighted by Crippen LogP contribution is -1.82. The van der Waals surface area contributed by atoms with Crippen molar-refractivity contribution in [3.63, 3.8) is 0 Å². The number of nitrogens with one attached hydrogen (secondary N) is 1. The highest BCUT2D eigenvalue weighted by Gasteiger charge is 2.09. The van der Waals surface area contributed by atoms with Gasteiger partial charge >= 0.3 is 0 Å². The highest BCUT2D eigenvalue weighted by molar-refractivity contribution is 6.08. The summed E-state index contributed by atoms with van der Waals surface area (Å²) in [6.45, 7) is 0. The Morgan fingerprint density at radius 3 is 2.21 bits per heavy atom. The average Bonchev–Trinajstić information content (AvgIpc) is 3.23. The number of nitrogens with zero attached hydrogens (tertiary/aromatic N) is 1. The highest BCUT2D eigenvalue weighted by atomic mass is 14.9. The molecule has 0 atom stereocenters. The van der Waals surface area contributed by atoms with Gasteiger partial charge in [-0.15, -0.1) is 0 Å². The standard InChI is InChI=1S/C27H18N2/c1-2-6-18(7-3-1)20-13-15-25-26(17-20)29-27(28-25)22-12-14-24-21(16-22)11-10-19-8-4-5-9-23(19)24/h1-17H,(H,28,29). The molecule has 0 aliphatic rings. The molecule has 0 bridgehead atoms. The van der Waals surface area contributed by atoms with E-state index in [1.54, 1.807) is 0 Å². The van der Waals surface area contributed by atoms with Crippen LogP contribution in [-0.4, -0.2) is 9.97 Å². The summed E-state index contributed by atoms with van der Waals surface area (Å²) in [5.41, 5.74) is 5.55. The van der Waals surface area contributed by atoms with Gasteiger partial charge in [-0.25, -0.2) is 4.98 Å². The van der Waals surface area contributed by atoms with Gasteiger partial charge in [-0.3, -0.25) is 0 Å². The molecule has 2 heteroatoms. The number of benzene rings is 5. The van der Waals surface area contributed by atoms with Crippen LogP contribution in [0.5, 0.6) is 0 Å². The topological polar surface area (TPSA) is 28.7 Å². The summed E-state index contributed by atoms with van der Waals surface area (Å²) in [6, 6.07) is 36.3.